The lowest BCUT2D eigenvalue weighted by atomic mass is 9.82. The Labute approximate surface area is 128 Å². The summed E-state index contributed by atoms with van der Waals surface area (Å²) in [4.78, 5) is 2.66. The third kappa shape index (κ3) is 3.07. The van der Waals surface area contributed by atoms with Crippen LogP contribution in [0.5, 0.6) is 0 Å². The lowest BCUT2D eigenvalue weighted by molar-refractivity contribution is 0.150. The highest BCUT2D eigenvalue weighted by Gasteiger charge is 2.30. The summed E-state index contributed by atoms with van der Waals surface area (Å²) in [5.41, 5.74) is 2.72. The minimum absolute atomic E-state index is 0.681. The third-order valence-electron chi connectivity index (χ3n) is 4.27. The minimum atomic E-state index is 0.681. The summed E-state index contributed by atoms with van der Waals surface area (Å²) in [5, 5.41) is 0.839. The Morgan fingerprint density at radius 2 is 2.00 bits per heavy atom. The molecular formula is C16H19BrClN. The van der Waals surface area contributed by atoms with E-state index in [0.29, 0.717) is 6.04 Å². The van der Waals surface area contributed by atoms with E-state index >= 15 is 0 Å². The number of benzene rings is 1. The van der Waals surface area contributed by atoms with Gasteiger partial charge in [0, 0.05) is 15.5 Å². The van der Waals surface area contributed by atoms with E-state index in [-0.39, 0.29) is 0 Å². The molecule has 1 aliphatic heterocycles. The largest absolute Gasteiger partial charge is 0.297 e. The van der Waals surface area contributed by atoms with Gasteiger partial charge in [0.1, 0.15) is 0 Å². The highest BCUT2D eigenvalue weighted by molar-refractivity contribution is 9.10. The summed E-state index contributed by atoms with van der Waals surface area (Å²) in [6, 6.07) is 6.82. The van der Waals surface area contributed by atoms with Gasteiger partial charge in [-0.2, -0.15) is 0 Å². The average Bonchev–Trinajstić information content (AvgIpc) is 2.37. The Kier molecular flexibility index (Phi) is 4.30. The summed E-state index contributed by atoms with van der Waals surface area (Å²) in [5.74, 6) is 0. The van der Waals surface area contributed by atoms with E-state index in [1.807, 2.05) is 6.07 Å². The summed E-state index contributed by atoms with van der Waals surface area (Å²) < 4.78 is 1.04. The van der Waals surface area contributed by atoms with Crippen LogP contribution in [-0.2, 0) is 0 Å². The van der Waals surface area contributed by atoms with Crippen LogP contribution in [0.4, 0.5) is 0 Å². The maximum atomic E-state index is 6.30. The van der Waals surface area contributed by atoms with Crippen molar-refractivity contribution >= 4 is 33.6 Å². The molecular weight excluding hydrogens is 322 g/mol. The smallest absolute Gasteiger partial charge is 0.0489 e. The van der Waals surface area contributed by atoms with Crippen molar-refractivity contribution in [2.75, 3.05) is 13.1 Å². The Hall–Kier alpha value is -0.310. The molecule has 1 heterocycles. The van der Waals surface area contributed by atoms with Gasteiger partial charge in [0.05, 0.1) is 0 Å². The van der Waals surface area contributed by atoms with Crippen molar-refractivity contribution in [3.8, 4) is 0 Å². The van der Waals surface area contributed by atoms with Crippen LogP contribution < -0.4 is 0 Å². The molecule has 1 aromatic carbocycles. The summed E-state index contributed by atoms with van der Waals surface area (Å²) in [6.07, 6.45) is 8.98. The molecule has 0 radical (unpaired) electrons. The molecule has 1 aromatic rings. The maximum absolute atomic E-state index is 6.30. The molecule has 3 heteroatoms. The molecule has 1 saturated carbocycles. The first kappa shape index (κ1) is 13.7. The van der Waals surface area contributed by atoms with E-state index in [4.69, 9.17) is 11.6 Å². The monoisotopic (exact) mass is 339 g/mol. The van der Waals surface area contributed by atoms with Crippen molar-refractivity contribution in [1.29, 1.82) is 0 Å². The Bertz CT molecular complexity index is 492. The van der Waals surface area contributed by atoms with Crippen molar-refractivity contribution in [2.45, 2.75) is 38.1 Å². The predicted octanol–water partition coefficient (Wildman–Crippen LogP) is 5.13. The molecule has 2 fully saturated rings. The van der Waals surface area contributed by atoms with Crippen LogP contribution in [0, 0.1) is 0 Å². The van der Waals surface area contributed by atoms with Gasteiger partial charge in [-0.3, -0.25) is 4.90 Å². The lowest BCUT2D eigenvalue weighted by Crippen LogP contribution is -2.44. The fraction of sp³-hybridized carbons (Fsp3) is 0.500. The Morgan fingerprint density at radius 1 is 1.21 bits per heavy atom. The van der Waals surface area contributed by atoms with Crippen LogP contribution in [-0.4, -0.2) is 24.0 Å². The first-order valence-corrected chi connectivity index (χ1v) is 8.31. The van der Waals surface area contributed by atoms with Gasteiger partial charge in [0.2, 0.25) is 0 Å². The standard InChI is InChI=1S/C16H19BrClN/c17-14-6-4-12(15(18)11-14)10-13-5-7-16(13)19-8-2-1-3-9-19/h4,6,10-11,16H,1-3,5,7-9H2. The molecule has 19 heavy (non-hydrogen) atoms. The molecule has 1 atom stereocenters. The predicted molar refractivity (Wildman–Crippen MR) is 85.6 cm³/mol. The highest BCUT2D eigenvalue weighted by Crippen LogP contribution is 2.36. The van der Waals surface area contributed by atoms with E-state index in [1.165, 1.54) is 45.2 Å². The van der Waals surface area contributed by atoms with E-state index in [0.717, 1.165) is 15.1 Å². The molecule has 0 aromatic heterocycles. The van der Waals surface area contributed by atoms with Crippen molar-refractivity contribution in [2.24, 2.45) is 0 Å². The number of likely N-dealkylation sites (tertiary alicyclic amines) is 1. The van der Waals surface area contributed by atoms with Crippen LogP contribution in [0.2, 0.25) is 5.02 Å². The Balaban J connectivity index is 1.76. The van der Waals surface area contributed by atoms with Gasteiger partial charge in [-0.05, 0) is 56.5 Å². The van der Waals surface area contributed by atoms with E-state index in [9.17, 15) is 0 Å². The van der Waals surface area contributed by atoms with Gasteiger partial charge < -0.3 is 0 Å². The summed E-state index contributed by atoms with van der Waals surface area (Å²) >= 11 is 9.75. The van der Waals surface area contributed by atoms with Gasteiger partial charge in [-0.15, -0.1) is 0 Å². The molecule has 1 unspecified atom stereocenters. The van der Waals surface area contributed by atoms with E-state index in [1.54, 1.807) is 5.57 Å². The maximum Gasteiger partial charge on any atom is 0.0489 e. The number of hydrogen-bond donors (Lipinski definition) is 0. The zero-order chi connectivity index (χ0) is 13.2. The number of nitrogens with zero attached hydrogens (tertiary/aromatic N) is 1. The zero-order valence-corrected chi connectivity index (χ0v) is 13.4. The minimum Gasteiger partial charge on any atom is -0.297 e. The van der Waals surface area contributed by atoms with Crippen LogP contribution in [0.3, 0.4) is 0 Å². The van der Waals surface area contributed by atoms with Gasteiger partial charge in [0.15, 0.2) is 0 Å². The Morgan fingerprint density at radius 3 is 2.63 bits per heavy atom. The second kappa shape index (κ2) is 5.99. The molecule has 2 aliphatic rings. The second-order valence-electron chi connectivity index (χ2n) is 5.54. The van der Waals surface area contributed by atoms with Crippen molar-refractivity contribution in [3.63, 3.8) is 0 Å². The van der Waals surface area contributed by atoms with Gasteiger partial charge in [-0.1, -0.05) is 51.7 Å². The van der Waals surface area contributed by atoms with Crippen LogP contribution in [0.25, 0.3) is 6.08 Å². The molecule has 0 spiro atoms. The molecule has 3 rings (SSSR count). The first-order chi connectivity index (χ1) is 9.24. The molecule has 0 N–H and O–H groups in total. The zero-order valence-electron chi connectivity index (χ0n) is 11.0. The van der Waals surface area contributed by atoms with Crippen LogP contribution in [0.15, 0.2) is 28.2 Å². The first-order valence-electron chi connectivity index (χ1n) is 7.13. The third-order valence-corrected chi connectivity index (χ3v) is 5.09. The van der Waals surface area contributed by atoms with Crippen molar-refractivity contribution < 1.29 is 0 Å². The lowest BCUT2D eigenvalue weighted by Gasteiger charge is -2.42. The van der Waals surface area contributed by atoms with Crippen LogP contribution >= 0.6 is 27.5 Å². The topological polar surface area (TPSA) is 3.24 Å². The quantitative estimate of drug-likeness (QED) is 0.721. The average molecular weight is 341 g/mol. The number of halogens is 2. The second-order valence-corrected chi connectivity index (χ2v) is 6.86. The SMILES string of the molecule is Clc1cc(Br)ccc1C=C1CCC1N1CCCCC1. The normalized spacial score (nSPS) is 26.4. The molecule has 102 valence electrons. The van der Waals surface area contributed by atoms with E-state index < -0.39 is 0 Å². The fourth-order valence-electron chi connectivity index (χ4n) is 3.07. The molecule has 1 aliphatic carbocycles. The van der Waals surface area contributed by atoms with Gasteiger partial charge in [0.25, 0.3) is 0 Å². The number of rotatable bonds is 2. The van der Waals surface area contributed by atoms with Crippen LogP contribution in [0.1, 0.15) is 37.7 Å². The summed E-state index contributed by atoms with van der Waals surface area (Å²) in [7, 11) is 0. The van der Waals surface area contributed by atoms with Crippen molar-refractivity contribution in [3.05, 3.63) is 38.8 Å². The molecule has 1 saturated heterocycles. The van der Waals surface area contributed by atoms with Crippen molar-refractivity contribution in [1.82, 2.24) is 4.90 Å². The fourth-order valence-corrected chi connectivity index (χ4v) is 3.80. The van der Waals surface area contributed by atoms with E-state index in [2.05, 4.69) is 39.0 Å². The highest BCUT2D eigenvalue weighted by atomic mass is 79.9. The molecule has 0 bridgehead atoms. The molecule has 1 nitrogen and oxygen atoms in total. The summed E-state index contributed by atoms with van der Waals surface area (Å²) in [6.45, 7) is 2.55. The molecule has 0 amide bonds. The van der Waals surface area contributed by atoms with Gasteiger partial charge in [-0.25, -0.2) is 0 Å². The van der Waals surface area contributed by atoms with Gasteiger partial charge >= 0.3 is 0 Å². The number of piperidine rings is 1. The number of hydrogen-bond acceptors (Lipinski definition) is 1.